The van der Waals surface area contributed by atoms with Gasteiger partial charge in [-0.05, 0) is 41.5 Å². The van der Waals surface area contributed by atoms with Gasteiger partial charge in [0.15, 0.2) is 0 Å². The van der Waals surface area contributed by atoms with Gasteiger partial charge >= 0.3 is 12.0 Å². The Morgan fingerprint density at radius 2 is 1.79 bits per heavy atom. The molecule has 0 bridgehead atoms. The Labute approximate surface area is 160 Å². The molecule has 0 aromatic heterocycles. The standard InChI is InChI=1S/C20H17FN2O5/c1-27-18(24)11-23-19(25)17(22-20(23)26)10-13-4-8-16(9-5-13)28-12-14-2-6-15(21)7-3-14/h2-10H,11-12H2,1H3,(H,22,26). The van der Waals surface area contributed by atoms with Crippen LogP contribution in [0.25, 0.3) is 6.08 Å². The van der Waals surface area contributed by atoms with Gasteiger partial charge in [-0.15, -0.1) is 0 Å². The Hall–Kier alpha value is -3.68. The first kappa shape index (κ1) is 19.1. The second kappa shape index (κ2) is 8.34. The van der Waals surface area contributed by atoms with Gasteiger partial charge in [0.25, 0.3) is 5.91 Å². The molecule has 1 fully saturated rings. The number of nitrogens with one attached hydrogen (secondary N) is 1. The molecule has 8 heteroatoms. The molecule has 0 radical (unpaired) electrons. The molecular weight excluding hydrogens is 367 g/mol. The minimum atomic E-state index is -0.688. The minimum absolute atomic E-state index is 0.0638. The van der Waals surface area contributed by atoms with Gasteiger partial charge in [-0.1, -0.05) is 24.3 Å². The summed E-state index contributed by atoms with van der Waals surface area (Å²) in [5.74, 6) is -1.00. The summed E-state index contributed by atoms with van der Waals surface area (Å²) in [6, 6.07) is 12.2. The number of amides is 3. The second-order valence-corrected chi connectivity index (χ2v) is 5.94. The summed E-state index contributed by atoms with van der Waals surface area (Å²) in [4.78, 5) is 36.1. The van der Waals surface area contributed by atoms with Crippen molar-refractivity contribution in [1.82, 2.24) is 10.2 Å². The van der Waals surface area contributed by atoms with Crippen LogP contribution in [0, 0.1) is 5.82 Å². The zero-order chi connectivity index (χ0) is 20.1. The van der Waals surface area contributed by atoms with Gasteiger partial charge in [0.1, 0.15) is 30.4 Å². The van der Waals surface area contributed by atoms with Crippen LogP contribution in [0.1, 0.15) is 11.1 Å². The maximum atomic E-state index is 12.9. The van der Waals surface area contributed by atoms with E-state index in [-0.39, 0.29) is 18.1 Å². The number of hydrogen-bond acceptors (Lipinski definition) is 5. The lowest BCUT2D eigenvalue weighted by atomic mass is 10.2. The van der Waals surface area contributed by atoms with E-state index in [0.717, 1.165) is 10.5 Å². The summed E-state index contributed by atoms with van der Waals surface area (Å²) >= 11 is 0. The zero-order valence-corrected chi connectivity index (χ0v) is 15.0. The molecule has 144 valence electrons. The lowest BCUT2D eigenvalue weighted by molar-refractivity contribution is -0.143. The molecule has 1 saturated heterocycles. The van der Waals surface area contributed by atoms with E-state index in [2.05, 4.69) is 10.1 Å². The fourth-order valence-electron chi connectivity index (χ4n) is 2.48. The highest BCUT2D eigenvalue weighted by Gasteiger charge is 2.35. The summed E-state index contributed by atoms with van der Waals surface area (Å²) in [5, 5.41) is 2.43. The van der Waals surface area contributed by atoms with Crippen molar-refractivity contribution in [2.75, 3.05) is 13.7 Å². The fraction of sp³-hybridized carbons (Fsp3) is 0.150. The summed E-state index contributed by atoms with van der Waals surface area (Å²) in [6.07, 6.45) is 1.50. The predicted molar refractivity (Wildman–Crippen MR) is 97.4 cm³/mol. The monoisotopic (exact) mass is 384 g/mol. The van der Waals surface area contributed by atoms with Crippen molar-refractivity contribution in [3.63, 3.8) is 0 Å². The van der Waals surface area contributed by atoms with Crippen molar-refractivity contribution in [2.24, 2.45) is 0 Å². The maximum Gasteiger partial charge on any atom is 0.329 e. The third kappa shape index (κ3) is 4.53. The molecule has 1 heterocycles. The number of urea groups is 1. The van der Waals surface area contributed by atoms with Gasteiger partial charge in [0.05, 0.1) is 7.11 Å². The van der Waals surface area contributed by atoms with Crippen molar-refractivity contribution in [3.8, 4) is 5.75 Å². The molecule has 3 rings (SSSR count). The average Bonchev–Trinajstić information content (AvgIpc) is 2.96. The van der Waals surface area contributed by atoms with Crippen LogP contribution in [0.3, 0.4) is 0 Å². The normalized spacial score (nSPS) is 14.9. The molecule has 7 nitrogen and oxygen atoms in total. The Morgan fingerprint density at radius 3 is 2.43 bits per heavy atom. The SMILES string of the molecule is COC(=O)CN1C(=O)NC(=Cc2ccc(OCc3ccc(F)cc3)cc2)C1=O. The lowest BCUT2D eigenvalue weighted by Gasteiger charge is -2.09. The Morgan fingerprint density at radius 1 is 1.11 bits per heavy atom. The van der Waals surface area contributed by atoms with Crippen molar-refractivity contribution in [1.29, 1.82) is 0 Å². The quantitative estimate of drug-likeness (QED) is 0.470. The molecule has 1 N–H and O–H groups in total. The first-order valence-corrected chi connectivity index (χ1v) is 8.35. The largest absolute Gasteiger partial charge is 0.489 e. The van der Waals surface area contributed by atoms with Crippen LogP contribution in [0.2, 0.25) is 0 Å². The third-order valence-corrected chi connectivity index (χ3v) is 3.99. The number of ether oxygens (including phenoxy) is 2. The lowest BCUT2D eigenvalue weighted by Crippen LogP contribution is -2.36. The molecule has 2 aromatic rings. The van der Waals surface area contributed by atoms with Crippen LogP contribution in [0.15, 0.2) is 54.2 Å². The number of benzene rings is 2. The smallest absolute Gasteiger partial charge is 0.329 e. The summed E-state index contributed by atoms with van der Waals surface area (Å²) in [7, 11) is 1.18. The summed E-state index contributed by atoms with van der Waals surface area (Å²) < 4.78 is 23.0. The van der Waals surface area contributed by atoms with Crippen LogP contribution in [0.5, 0.6) is 5.75 Å². The van der Waals surface area contributed by atoms with E-state index in [1.54, 1.807) is 36.4 Å². The molecule has 0 spiro atoms. The van der Waals surface area contributed by atoms with Crippen molar-refractivity contribution in [2.45, 2.75) is 6.61 Å². The van der Waals surface area contributed by atoms with Crippen LogP contribution in [-0.4, -0.2) is 36.5 Å². The van der Waals surface area contributed by atoms with E-state index in [9.17, 15) is 18.8 Å². The van der Waals surface area contributed by atoms with Crippen molar-refractivity contribution >= 4 is 24.0 Å². The molecule has 1 aliphatic rings. The van der Waals surface area contributed by atoms with Crippen LogP contribution < -0.4 is 10.1 Å². The number of carbonyl (C=O) groups excluding carboxylic acids is 3. The van der Waals surface area contributed by atoms with E-state index < -0.39 is 24.5 Å². The summed E-state index contributed by atoms with van der Waals surface area (Å²) in [6.45, 7) is -0.160. The third-order valence-electron chi connectivity index (χ3n) is 3.99. The van der Waals surface area contributed by atoms with Crippen molar-refractivity contribution in [3.05, 3.63) is 71.2 Å². The first-order valence-electron chi connectivity index (χ1n) is 8.35. The molecular formula is C20H17FN2O5. The van der Waals surface area contributed by atoms with E-state index in [1.165, 1.54) is 25.3 Å². The first-order chi connectivity index (χ1) is 13.5. The molecule has 0 saturated carbocycles. The minimum Gasteiger partial charge on any atom is -0.489 e. The highest BCUT2D eigenvalue weighted by molar-refractivity contribution is 6.15. The van der Waals surface area contributed by atoms with E-state index in [0.29, 0.717) is 11.3 Å². The molecule has 0 unspecified atom stereocenters. The van der Waals surface area contributed by atoms with Gasteiger partial charge in [-0.3, -0.25) is 9.59 Å². The van der Waals surface area contributed by atoms with Gasteiger partial charge in [0.2, 0.25) is 0 Å². The molecule has 0 aliphatic carbocycles. The molecule has 28 heavy (non-hydrogen) atoms. The van der Waals surface area contributed by atoms with Crippen molar-refractivity contribution < 1.29 is 28.2 Å². The number of carbonyl (C=O) groups is 3. The van der Waals surface area contributed by atoms with Gasteiger partial charge < -0.3 is 14.8 Å². The number of imide groups is 1. The number of esters is 1. The molecule has 0 atom stereocenters. The second-order valence-electron chi connectivity index (χ2n) is 5.94. The zero-order valence-electron chi connectivity index (χ0n) is 15.0. The highest BCUT2D eigenvalue weighted by Crippen LogP contribution is 2.18. The fourth-order valence-corrected chi connectivity index (χ4v) is 2.48. The molecule has 3 amide bonds. The van der Waals surface area contributed by atoms with Gasteiger partial charge in [-0.2, -0.15) is 0 Å². The number of rotatable bonds is 6. The number of nitrogens with zero attached hydrogens (tertiary/aromatic N) is 1. The Kier molecular flexibility index (Phi) is 5.69. The maximum absolute atomic E-state index is 12.9. The summed E-state index contributed by atoms with van der Waals surface area (Å²) in [5.41, 5.74) is 1.56. The van der Waals surface area contributed by atoms with Crippen LogP contribution in [-0.2, 0) is 20.9 Å². The molecule has 2 aromatic carbocycles. The van der Waals surface area contributed by atoms with Crippen LogP contribution in [0.4, 0.5) is 9.18 Å². The molecule has 1 aliphatic heterocycles. The topological polar surface area (TPSA) is 84.9 Å². The van der Waals surface area contributed by atoms with E-state index >= 15 is 0 Å². The van der Waals surface area contributed by atoms with Gasteiger partial charge in [-0.25, -0.2) is 14.1 Å². The van der Waals surface area contributed by atoms with Crippen LogP contribution >= 0.6 is 0 Å². The van der Waals surface area contributed by atoms with Gasteiger partial charge in [0, 0.05) is 0 Å². The van der Waals surface area contributed by atoms with E-state index in [1.807, 2.05) is 0 Å². The average molecular weight is 384 g/mol. The predicted octanol–water partition coefficient (Wildman–Crippen LogP) is 2.47. The Balaban J connectivity index is 1.63. The number of halogens is 1. The highest BCUT2D eigenvalue weighted by atomic mass is 19.1. The number of methoxy groups -OCH3 is 1. The van der Waals surface area contributed by atoms with E-state index in [4.69, 9.17) is 4.74 Å². The Bertz CT molecular complexity index is 923. The number of hydrogen-bond donors (Lipinski definition) is 1.